The Morgan fingerprint density at radius 2 is 1.77 bits per heavy atom. The van der Waals surface area contributed by atoms with Gasteiger partial charge in [-0.2, -0.15) is 13.2 Å². The van der Waals surface area contributed by atoms with Crippen molar-refractivity contribution in [3.8, 4) is 0 Å². The zero-order chi connectivity index (χ0) is 15.9. The summed E-state index contributed by atoms with van der Waals surface area (Å²) in [5.41, 5.74) is 2.01. The summed E-state index contributed by atoms with van der Waals surface area (Å²) in [6.07, 6.45) is -3.82. The molecular formula is C16H12BrF3N2. The first-order valence-electron chi connectivity index (χ1n) is 6.61. The summed E-state index contributed by atoms with van der Waals surface area (Å²) in [7, 11) is 1.90. The normalized spacial score (nSPS) is 12.0. The van der Waals surface area contributed by atoms with Gasteiger partial charge in [0.05, 0.1) is 16.6 Å². The van der Waals surface area contributed by atoms with Gasteiger partial charge < -0.3 is 4.57 Å². The van der Waals surface area contributed by atoms with Crippen molar-refractivity contribution in [3.05, 3.63) is 63.9 Å². The van der Waals surface area contributed by atoms with E-state index in [1.165, 1.54) is 12.1 Å². The molecule has 0 aliphatic rings. The highest BCUT2D eigenvalue weighted by atomic mass is 79.9. The van der Waals surface area contributed by atoms with E-state index in [9.17, 15) is 13.2 Å². The van der Waals surface area contributed by atoms with Crippen LogP contribution < -0.4 is 0 Å². The summed E-state index contributed by atoms with van der Waals surface area (Å²) in [5, 5.41) is 0. The molecule has 0 amide bonds. The Morgan fingerprint density at radius 3 is 2.41 bits per heavy atom. The molecule has 2 nitrogen and oxygen atoms in total. The first kappa shape index (κ1) is 15.1. The predicted octanol–water partition coefficient (Wildman–Crippen LogP) is 4.95. The number of aryl methyl sites for hydroxylation is 1. The Balaban J connectivity index is 1.91. The lowest BCUT2D eigenvalue weighted by Gasteiger charge is -2.07. The summed E-state index contributed by atoms with van der Waals surface area (Å²) >= 11 is 3.42. The summed E-state index contributed by atoms with van der Waals surface area (Å²) in [6.45, 7) is 0. The van der Waals surface area contributed by atoms with Crippen molar-refractivity contribution in [2.45, 2.75) is 12.6 Å². The molecule has 22 heavy (non-hydrogen) atoms. The molecule has 0 saturated heterocycles. The van der Waals surface area contributed by atoms with Crippen molar-refractivity contribution in [2.24, 2.45) is 7.05 Å². The largest absolute Gasteiger partial charge is 0.416 e. The molecule has 0 bridgehead atoms. The van der Waals surface area contributed by atoms with E-state index in [0.717, 1.165) is 39.0 Å². The Hall–Kier alpha value is -1.82. The summed E-state index contributed by atoms with van der Waals surface area (Å²) in [5.74, 6) is 0.813. The van der Waals surface area contributed by atoms with Gasteiger partial charge in [0.25, 0.3) is 0 Å². The molecule has 0 unspecified atom stereocenters. The summed E-state index contributed by atoms with van der Waals surface area (Å²) in [4.78, 5) is 4.54. The molecule has 0 spiro atoms. The number of fused-ring (bicyclic) bond motifs is 1. The van der Waals surface area contributed by atoms with E-state index < -0.39 is 11.7 Å². The quantitative estimate of drug-likeness (QED) is 0.625. The van der Waals surface area contributed by atoms with Gasteiger partial charge in [0.2, 0.25) is 0 Å². The fraction of sp³-hybridized carbons (Fsp3) is 0.188. The van der Waals surface area contributed by atoms with E-state index in [2.05, 4.69) is 20.9 Å². The number of rotatable bonds is 2. The van der Waals surface area contributed by atoms with E-state index in [-0.39, 0.29) is 0 Å². The van der Waals surface area contributed by atoms with Crippen molar-refractivity contribution < 1.29 is 13.2 Å². The molecule has 114 valence electrons. The van der Waals surface area contributed by atoms with E-state index in [1.54, 1.807) is 0 Å². The molecule has 0 atom stereocenters. The number of benzene rings is 2. The Bertz CT molecular complexity index is 820. The number of imidazole rings is 1. The molecule has 0 N–H and O–H groups in total. The van der Waals surface area contributed by atoms with Gasteiger partial charge in [0, 0.05) is 17.9 Å². The third-order valence-electron chi connectivity index (χ3n) is 3.58. The molecule has 3 rings (SSSR count). The molecule has 0 aliphatic heterocycles. The molecule has 3 aromatic rings. The topological polar surface area (TPSA) is 17.8 Å². The number of hydrogen-bond donors (Lipinski definition) is 0. The molecule has 2 aromatic carbocycles. The van der Waals surface area contributed by atoms with Gasteiger partial charge in [0.15, 0.2) is 0 Å². The van der Waals surface area contributed by atoms with Gasteiger partial charge in [-0.1, -0.05) is 28.1 Å². The lowest BCUT2D eigenvalue weighted by atomic mass is 10.1. The van der Waals surface area contributed by atoms with Crippen LogP contribution in [0.4, 0.5) is 13.2 Å². The third kappa shape index (κ3) is 2.88. The highest BCUT2D eigenvalue weighted by Crippen LogP contribution is 2.29. The molecule has 6 heteroatoms. The van der Waals surface area contributed by atoms with E-state index >= 15 is 0 Å². The first-order valence-corrected chi connectivity index (χ1v) is 7.41. The van der Waals surface area contributed by atoms with Gasteiger partial charge in [-0.05, 0) is 35.9 Å². The number of nitrogens with zero attached hydrogens (tertiary/aromatic N) is 2. The lowest BCUT2D eigenvalue weighted by Crippen LogP contribution is -2.05. The highest BCUT2D eigenvalue weighted by Gasteiger charge is 2.29. The van der Waals surface area contributed by atoms with Crippen LogP contribution in [0.15, 0.2) is 46.9 Å². The maximum absolute atomic E-state index is 12.6. The Morgan fingerprint density at radius 1 is 1.09 bits per heavy atom. The van der Waals surface area contributed by atoms with Crippen LogP contribution in [0.2, 0.25) is 0 Å². The van der Waals surface area contributed by atoms with Crippen LogP contribution in [0, 0.1) is 0 Å². The summed E-state index contributed by atoms with van der Waals surface area (Å²) < 4.78 is 40.6. The number of halogens is 4. The van der Waals surface area contributed by atoms with Crippen LogP contribution in [0.3, 0.4) is 0 Å². The average Bonchev–Trinajstić information content (AvgIpc) is 2.75. The second-order valence-electron chi connectivity index (χ2n) is 5.09. The van der Waals surface area contributed by atoms with Crippen molar-refractivity contribution in [3.63, 3.8) is 0 Å². The highest BCUT2D eigenvalue weighted by molar-refractivity contribution is 9.10. The van der Waals surface area contributed by atoms with E-state index in [4.69, 9.17) is 0 Å². The minimum absolute atomic E-state index is 0.487. The zero-order valence-corrected chi connectivity index (χ0v) is 13.2. The molecule has 0 fully saturated rings. The molecule has 1 aromatic heterocycles. The van der Waals surface area contributed by atoms with E-state index in [0.29, 0.717) is 6.42 Å². The monoisotopic (exact) mass is 368 g/mol. The zero-order valence-electron chi connectivity index (χ0n) is 11.7. The maximum atomic E-state index is 12.6. The molecule has 0 saturated carbocycles. The van der Waals surface area contributed by atoms with Crippen LogP contribution in [0.1, 0.15) is 17.0 Å². The van der Waals surface area contributed by atoms with Crippen molar-refractivity contribution in [1.29, 1.82) is 0 Å². The van der Waals surface area contributed by atoms with Crippen LogP contribution >= 0.6 is 15.9 Å². The smallest absolute Gasteiger partial charge is 0.331 e. The third-order valence-corrected chi connectivity index (χ3v) is 4.07. The van der Waals surface area contributed by atoms with Gasteiger partial charge in [-0.15, -0.1) is 0 Å². The summed E-state index contributed by atoms with van der Waals surface area (Å²) in [6, 6.07) is 11.0. The van der Waals surface area contributed by atoms with Crippen molar-refractivity contribution >= 4 is 27.0 Å². The van der Waals surface area contributed by atoms with Crippen LogP contribution in [0.5, 0.6) is 0 Å². The standard InChI is InChI=1S/C16H12BrF3N2/c1-22-14-9-12(17)6-7-13(14)21-15(22)8-10-2-4-11(5-3-10)16(18,19)20/h2-7,9H,8H2,1H3. The number of hydrogen-bond acceptors (Lipinski definition) is 1. The first-order chi connectivity index (χ1) is 10.3. The Kier molecular flexibility index (Phi) is 3.72. The predicted molar refractivity (Wildman–Crippen MR) is 82.7 cm³/mol. The fourth-order valence-electron chi connectivity index (χ4n) is 2.37. The molecule has 0 radical (unpaired) electrons. The fourth-order valence-corrected chi connectivity index (χ4v) is 2.71. The Labute approximate surface area is 133 Å². The number of aromatic nitrogens is 2. The molecule has 0 aliphatic carbocycles. The molecule has 1 heterocycles. The van der Waals surface area contributed by atoms with Crippen LogP contribution in [0.25, 0.3) is 11.0 Å². The van der Waals surface area contributed by atoms with Crippen molar-refractivity contribution in [2.75, 3.05) is 0 Å². The maximum Gasteiger partial charge on any atom is 0.416 e. The molecular weight excluding hydrogens is 357 g/mol. The van der Waals surface area contributed by atoms with Gasteiger partial charge in [-0.3, -0.25) is 0 Å². The van der Waals surface area contributed by atoms with Crippen LogP contribution in [-0.4, -0.2) is 9.55 Å². The second kappa shape index (κ2) is 5.43. The van der Waals surface area contributed by atoms with Gasteiger partial charge in [-0.25, -0.2) is 4.98 Å². The second-order valence-corrected chi connectivity index (χ2v) is 6.01. The lowest BCUT2D eigenvalue weighted by molar-refractivity contribution is -0.137. The minimum Gasteiger partial charge on any atom is -0.331 e. The SMILES string of the molecule is Cn1c(Cc2ccc(C(F)(F)F)cc2)nc2ccc(Br)cc21. The average molecular weight is 369 g/mol. The minimum atomic E-state index is -4.30. The van der Waals surface area contributed by atoms with Gasteiger partial charge in [0.1, 0.15) is 5.82 Å². The van der Waals surface area contributed by atoms with E-state index in [1.807, 2.05) is 29.8 Å². The van der Waals surface area contributed by atoms with Crippen LogP contribution in [-0.2, 0) is 19.6 Å². The number of alkyl halides is 3. The van der Waals surface area contributed by atoms with Gasteiger partial charge >= 0.3 is 6.18 Å². The van der Waals surface area contributed by atoms with Crippen molar-refractivity contribution in [1.82, 2.24) is 9.55 Å².